The Morgan fingerprint density at radius 3 is 2.70 bits per heavy atom. The number of carbonyl (C=O) groups excluding carboxylic acids is 3. The summed E-state index contributed by atoms with van der Waals surface area (Å²) in [5.74, 6) is -3.94. The number of carbonyl (C=O) groups is 3. The van der Waals surface area contributed by atoms with Crippen LogP contribution >= 0.6 is 0 Å². The minimum atomic E-state index is -1.12. The predicted molar refractivity (Wildman–Crippen MR) is 90.6 cm³/mol. The van der Waals surface area contributed by atoms with Crippen molar-refractivity contribution >= 4 is 29.2 Å². The molecule has 140 valence electrons. The molecular weight excluding hydrogens is 362 g/mol. The van der Waals surface area contributed by atoms with Crippen molar-refractivity contribution in [2.75, 3.05) is 30.5 Å². The molecule has 1 aliphatic heterocycles. The van der Waals surface area contributed by atoms with Crippen LogP contribution in [0.4, 0.5) is 20.2 Å². The molecule has 1 N–H and O–H groups in total. The first kappa shape index (κ1) is 18.3. The van der Waals surface area contributed by atoms with Crippen molar-refractivity contribution < 1.29 is 32.6 Å². The zero-order valence-electron chi connectivity index (χ0n) is 14.1. The number of amides is 2. The van der Waals surface area contributed by atoms with Gasteiger partial charge in [0.05, 0.1) is 24.0 Å². The van der Waals surface area contributed by atoms with Gasteiger partial charge >= 0.3 is 5.97 Å². The second-order valence-corrected chi connectivity index (χ2v) is 5.59. The molecule has 0 aliphatic carbocycles. The number of hydrogen-bond acceptors (Lipinski definition) is 5. The van der Waals surface area contributed by atoms with Crippen molar-refractivity contribution in [3.8, 4) is 5.75 Å². The fourth-order valence-corrected chi connectivity index (χ4v) is 2.57. The lowest BCUT2D eigenvalue weighted by Gasteiger charge is -2.28. The number of methoxy groups -OCH3 is 1. The van der Waals surface area contributed by atoms with Gasteiger partial charge in [-0.15, -0.1) is 0 Å². The number of esters is 1. The van der Waals surface area contributed by atoms with E-state index < -0.39 is 47.2 Å². The summed E-state index contributed by atoms with van der Waals surface area (Å²) in [6.45, 7) is -0.648. The molecule has 0 unspecified atom stereocenters. The van der Waals surface area contributed by atoms with Gasteiger partial charge in [0.2, 0.25) is 5.91 Å². The highest BCUT2D eigenvalue weighted by Gasteiger charge is 2.27. The zero-order valence-corrected chi connectivity index (χ0v) is 14.1. The van der Waals surface area contributed by atoms with Crippen molar-refractivity contribution in [2.24, 2.45) is 0 Å². The van der Waals surface area contributed by atoms with Crippen molar-refractivity contribution in [2.45, 2.75) is 0 Å². The molecule has 0 atom stereocenters. The first-order valence-corrected chi connectivity index (χ1v) is 7.80. The quantitative estimate of drug-likeness (QED) is 0.827. The van der Waals surface area contributed by atoms with Crippen LogP contribution in [-0.2, 0) is 14.3 Å². The van der Waals surface area contributed by atoms with E-state index in [1.54, 1.807) is 24.3 Å². The number of para-hydroxylation sites is 2. The van der Waals surface area contributed by atoms with Gasteiger partial charge in [-0.2, -0.15) is 0 Å². The molecule has 0 saturated heterocycles. The number of nitrogens with one attached hydrogen (secondary N) is 1. The summed E-state index contributed by atoms with van der Waals surface area (Å²) in [6.07, 6.45) is 0. The Labute approximate surface area is 152 Å². The summed E-state index contributed by atoms with van der Waals surface area (Å²) in [4.78, 5) is 37.1. The van der Waals surface area contributed by atoms with Gasteiger partial charge < -0.3 is 14.8 Å². The topological polar surface area (TPSA) is 84.9 Å². The summed E-state index contributed by atoms with van der Waals surface area (Å²) in [5, 5.41) is 2.23. The van der Waals surface area contributed by atoms with Crippen LogP contribution in [0.15, 0.2) is 36.4 Å². The van der Waals surface area contributed by atoms with Crippen molar-refractivity contribution in [3.63, 3.8) is 0 Å². The highest BCUT2D eigenvalue weighted by molar-refractivity contribution is 6.05. The molecule has 7 nitrogen and oxygen atoms in total. The van der Waals surface area contributed by atoms with E-state index in [-0.39, 0.29) is 6.61 Å². The van der Waals surface area contributed by atoms with E-state index in [0.717, 1.165) is 13.2 Å². The Balaban J connectivity index is 1.81. The molecule has 1 heterocycles. The first-order valence-electron chi connectivity index (χ1n) is 7.80. The van der Waals surface area contributed by atoms with Gasteiger partial charge in [0, 0.05) is 6.07 Å². The second kappa shape index (κ2) is 7.40. The van der Waals surface area contributed by atoms with Gasteiger partial charge in [-0.1, -0.05) is 12.1 Å². The highest BCUT2D eigenvalue weighted by Crippen LogP contribution is 2.31. The Morgan fingerprint density at radius 2 is 1.96 bits per heavy atom. The Bertz CT molecular complexity index is 932. The summed E-state index contributed by atoms with van der Waals surface area (Å²) < 4.78 is 37.3. The van der Waals surface area contributed by atoms with Gasteiger partial charge in [0.25, 0.3) is 5.91 Å². The third-order valence-electron chi connectivity index (χ3n) is 3.85. The number of fused-ring (bicyclic) bond motifs is 1. The van der Waals surface area contributed by atoms with Crippen LogP contribution in [0.3, 0.4) is 0 Å². The largest absolute Gasteiger partial charge is 0.482 e. The normalized spacial score (nSPS) is 12.9. The molecule has 0 spiro atoms. The maximum Gasteiger partial charge on any atom is 0.340 e. The molecule has 0 aromatic heterocycles. The number of anilines is 2. The van der Waals surface area contributed by atoms with E-state index in [4.69, 9.17) is 4.74 Å². The number of halogens is 2. The highest BCUT2D eigenvalue weighted by atomic mass is 19.1. The van der Waals surface area contributed by atoms with E-state index in [0.29, 0.717) is 17.5 Å². The van der Waals surface area contributed by atoms with E-state index in [2.05, 4.69) is 10.1 Å². The first-order chi connectivity index (χ1) is 12.9. The summed E-state index contributed by atoms with van der Waals surface area (Å²) in [7, 11) is 1.05. The molecule has 0 bridgehead atoms. The average Bonchev–Trinajstić information content (AvgIpc) is 2.65. The smallest absolute Gasteiger partial charge is 0.340 e. The maximum absolute atomic E-state index is 13.9. The number of ether oxygens (including phenoxy) is 2. The van der Waals surface area contributed by atoms with Crippen LogP contribution in [0.25, 0.3) is 0 Å². The Hall–Kier alpha value is -3.49. The molecule has 9 heteroatoms. The van der Waals surface area contributed by atoms with E-state index in [1.807, 2.05) is 0 Å². The summed E-state index contributed by atoms with van der Waals surface area (Å²) in [5.41, 5.74) is -0.531. The molecule has 27 heavy (non-hydrogen) atoms. The molecule has 0 saturated carbocycles. The average molecular weight is 376 g/mol. The molecule has 2 aromatic carbocycles. The lowest BCUT2D eigenvalue weighted by atomic mass is 10.1. The monoisotopic (exact) mass is 376 g/mol. The van der Waals surface area contributed by atoms with Gasteiger partial charge in [-0.25, -0.2) is 13.6 Å². The van der Waals surface area contributed by atoms with Crippen molar-refractivity contribution in [1.82, 2.24) is 0 Å². The minimum Gasteiger partial charge on any atom is -0.482 e. The molecule has 2 amide bonds. The lowest BCUT2D eigenvalue weighted by molar-refractivity contribution is -0.123. The van der Waals surface area contributed by atoms with Gasteiger partial charge in [-0.3, -0.25) is 14.5 Å². The van der Waals surface area contributed by atoms with Crippen molar-refractivity contribution in [1.29, 1.82) is 0 Å². The van der Waals surface area contributed by atoms with Crippen LogP contribution in [0.1, 0.15) is 10.4 Å². The number of rotatable bonds is 4. The van der Waals surface area contributed by atoms with Gasteiger partial charge in [0.1, 0.15) is 23.9 Å². The molecule has 0 fully saturated rings. The van der Waals surface area contributed by atoms with Crippen LogP contribution < -0.4 is 15.0 Å². The van der Waals surface area contributed by atoms with E-state index in [1.165, 1.54) is 4.90 Å². The molecule has 3 rings (SSSR count). The summed E-state index contributed by atoms with van der Waals surface area (Å²) in [6, 6.07) is 7.95. The van der Waals surface area contributed by atoms with Gasteiger partial charge in [0.15, 0.2) is 6.61 Å². The third kappa shape index (κ3) is 3.71. The number of benzene rings is 2. The molecule has 2 aromatic rings. The van der Waals surface area contributed by atoms with Crippen molar-refractivity contribution in [3.05, 3.63) is 53.6 Å². The summed E-state index contributed by atoms with van der Waals surface area (Å²) >= 11 is 0. The predicted octanol–water partition coefficient (Wildman–Crippen LogP) is 2.12. The van der Waals surface area contributed by atoms with Crippen LogP contribution in [-0.4, -0.2) is 38.0 Å². The standard InChI is InChI=1S/C18H14F2N2O5/c1-26-18(25)10-6-13(12(20)7-11(10)19)21-16(23)8-22-14-4-2-3-5-15(14)27-9-17(22)24/h2-7H,8-9H2,1H3,(H,21,23). The maximum atomic E-state index is 13.9. The van der Waals surface area contributed by atoms with Crippen LogP contribution in [0.2, 0.25) is 0 Å². The lowest BCUT2D eigenvalue weighted by Crippen LogP contribution is -2.43. The van der Waals surface area contributed by atoms with Crippen LogP contribution in [0.5, 0.6) is 5.75 Å². The Kier molecular flexibility index (Phi) is 5.02. The molecule has 1 aliphatic rings. The number of nitrogens with zero attached hydrogens (tertiary/aromatic N) is 1. The van der Waals surface area contributed by atoms with Crippen LogP contribution in [0, 0.1) is 11.6 Å². The second-order valence-electron chi connectivity index (χ2n) is 5.59. The third-order valence-corrected chi connectivity index (χ3v) is 3.85. The van der Waals surface area contributed by atoms with E-state index >= 15 is 0 Å². The minimum absolute atomic E-state index is 0.234. The molecule has 0 radical (unpaired) electrons. The number of hydrogen-bond donors (Lipinski definition) is 1. The van der Waals surface area contributed by atoms with E-state index in [9.17, 15) is 23.2 Å². The fraction of sp³-hybridized carbons (Fsp3) is 0.167. The Morgan fingerprint density at radius 1 is 1.22 bits per heavy atom. The zero-order chi connectivity index (χ0) is 19.6. The fourth-order valence-electron chi connectivity index (χ4n) is 2.57. The van der Waals surface area contributed by atoms with Gasteiger partial charge in [-0.05, 0) is 18.2 Å². The molecular formula is C18H14F2N2O5. The SMILES string of the molecule is COC(=O)c1cc(NC(=O)CN2C(=O)COc3ccccc32)c(F)cc1F.